The van der Waals surface area contributed by atoms with Gasteiger partial charge in [0.1, 0.15) is 11.2 Å². The molecule has 0 saturated carbocycles. The van der Waals surface area contributed by atoms with Crippen molar-refractivity contribution >= 4 is 65.0 Å². The lowest BCUT2D eigenvalue weighted by Crippen LogP contribution is -1.88. The van der Waals surface area contributed by atoms with E-state index in [9.17, 15) is 0 Å². The SMILES string of the molecule is c1ccc(-c2ccc3ccc4c(oc5cccc(-c6c7ccccc7cc7c6ccc6ccccc67)c54)c3c2)cc1. The maximum atomic E-state index is 6.71. The third kappa shape index (κ3) is 3.30. The van der Waals surface area contributed by atoms with Crippen LogP contribution < -0.4 is 0 Å². The van der Waals surface area contributed by atoms with Crippen molar-refractivity contribution in [3.8, 4) is 22.3 Å². The Labute approximate surface area is 236 Å². The average Bonchev–Trinajstić information content (AvgIpc) is 3.43. The Morgan fingerprint density at radius 1 is 0.366 bits per heavy atom. The van der Waals surface area contributed by atoms with E-state index in [0.717, 1.165) is 21.9 Å². The molecule has 9 aromatic rings. The van der Waals surface area contributed by atoms with Crippen LogP contribution in [0.2, 0.25) is 0 Å². The van der Waals surface area contributed by atoms with Crippen molar-refractivity contribution in [3.05, 3.63) is 146 Å². The molecule has 0 N–H and O–H groups in total. The minimum Gasteiger partial charge on any atom is -0.455 e. The fourth-order valence-electron chi connectivity index (χ4n) is 6.73. The maximum Gasteiger partial charge on any atom is 0.143 e. The predicted molar refractivity (Wildman–Crippen MR) is 175 cm³/mol. The molecule has 0 unspecified atom stereocenters. The van der Waals surface area contributed by atoms with Crippen LogP contribution in [0.15, 0.2) is 150 Å². The largest absolute Gasteiger partial charge is 0.455 e. The molecule has 9 rings (SSSR count). The standard InChI is InChI=1S/C40H24O/c1-2-9-25(10-3-1)28-18-17-27-20-22-34-39-33(15-8-16-37(39)41-40(34)35(27)23-28)38-31-14-7-5-12-29(31)24-36-30-13-6-4-11-26(30)19-21-32(36)38/h1-24H. The molecule has 0 saturated heterocycles. The summed E-state index contributed by atoms with van der Waals surface area (Å²) in [5, 5.41) is 12.2. The number of hydrogen-bond donors (Lipinski definition) is 0. The number of furan rings is 1. The molecular formula is C40H24O. The molecule has 0 aliphatic heterocycles. The average molecular weight is 521 g/mol. The fourth-order valence-corrected chi connectivity index (χ4v) is 6.73. The van der Waals surface area contributed by atoms with E-state index in [-0.39, 0.29) is 0 Å². The van der Waals surface area contributed by atoms with Crippen LogP contribution in [0.1, 0.15) is 0 Å². The Kier molecular flexibility index (Phi) is 4.67. The number of benzene rings is 8. The minimum absolute atomic E-state index is 0.914. The molecule has 1 heterocycles. The molecule has 0 spiro atoms. The number of rotatable bonds is 2. The van der Waals surface area contributed by atoms with Gasteiger partial charge in [-0.05, 0) is 84.2 Å². The van der Waals surface area contributed by atoms with E-state index in [4.69, 9.17) is 4.42 Å². The van der Waals surface area contributed by atoms with E-state index in [1.54, 1.807) is 0 Å². The van der Waals surface area contributed by atoms with Gasteiger partial charge in [0.25, 0.3) is 0 Å². The van der Waals surface area contributed by atoms with Crippen molar-refractivity contribution < 1.29 is 4.42 Å². The van der Waals surface area contributed by atoms with E-state index in [1.807, 2.05) is 0 Å². The van der Waals surface area contributed by atoms with Crippen molar-refractivity contribution in [2.45, 2.75) is 0 Å². The lowest BCUT2D eigenvalue weighted by molar-refractivity contribution is 0.673. The van der Waals surface area contributed by atoms with Crippen LogP contribution >= 0.6 is 0 Å². The van der Waals surface area contributed by atoms with Crippen LogP contribution in [0.5, 0.6) is 0 Å². The molecule has 0 fully saturated rings. The van der Waals surface area contributed by atoms with Crippen LogP contribution in [0.4, 0.5) is 0 Å². The third-order valence-corrected chi connectivity index (χ3v) is 8.63. The van der Waals surface area contributed by atoms with Gasteiger partial charge in [0, 0.05) is 16.2 Å². The van der Waals surface area contributed by atoms with Crippen LogP contribution in [0, 0.1) is 0 Å². The van der Waals surface area contributed by atoms with Crippen LogP contribution in [-0.2, 0) is 0 Å². The second-order valence-corrected chi connectivity index (χ2v) is 10.9. The van der Waals surface area contributed by atoms with Crippen molar-refractivity contribution in [3.63, 3.8) is 0 Å². The van der Waals surface area contributed by atoms with Crippen molar-refractivity contribution in [1.82, 2.24) is 0 Å². The van der Waals surface area contributed by atoms with Gasteiger partial charge < -0.3 is 4.42 Å². The van der Waals surface area contributed by atoms with Crippen molar-refractivity contribution in [1.29, 1.82) is 0 Å². The molecule has 1 aromatic heterocycles. The van der Waals surface area contributed by atoms with Crippen LogP contribution in [-0.4, -0.2) is 0 Å². The third-order valence-electron chi connectivity index (χ3n) is 8.63. The zero-order valence-corrected chi connectivity index (χ0v) is 22.3. The summed E-state index contributed by atoms with van der Waals surface area (Å²) in [7, 11) is 0. The first kappa shape index (κ1) is 22.4. The molecule has 1 heteroatoms. The Hall–Kier alpha value is -5.40. The van der Waals surface area contributed by atoms with E-state index in [0.29, 0.717) is 0 Å². The first-order valence-electron chi connectivity index (χ1n) is 14.1. The van der Waals surface area contributed by atoms with Gasteiger partial charge in [-0.1, -0.05) is 121 Å². The predicted octanol–water partition coefficient (Wildman–Crippen LogP) is 11.5. The van der Waals surface area contributed by atoms with Gasteiger partial charge in [-0.25, -0.2) is 0 Å². The van der Waals surface area contributed by atoms with Crippen LogP contribution in [0.25, 0.3) is 87.3 Å². The van der Waals surface area contributed by atoms with E-state index in [2.05, 4.69) is 146 Å². The zero-order chi connectivity index (χ0) is 26.9. The molecule has 0 atom stereocenters. The van der Waals surface area contributed by atoms with Gasteiger partial charge in [0.05, 0.1) is 0 Å². The maximum absolute atomic E-state index is 6.71. The first-order chi connectivity index (χ1) is 20.3. The van der Waals surface area contributed by atoms with Crippen molar-refractivity contribution in [2.24, 2.45) is 0 Å². The normalized spacial score (nSPS) is 11.9. The number of fused-ring (bicyclic) bond motifs is 9. The highest BCUT2D eigenvalue weighted by atomic mass is 16.3. The zero-order valence-electron chi connectivity index (χ0n) is 22.3. The smallest absolute Gasteiger partial charge is 0.143 e. The highest BCUT2D eigenvalue weighted by molar-refractivity contribution is 6.26. The molecule has 0 aliphatic carbocycles. The highest BCUT2D eigenvalue weighted by Crippen LogP contribution is 2.45. The van der Waals surface area contributed by atoms with E-state index in [1.165, 1.54) is 65.3 Å². The quantitative estimate of drug-likeness (QED) is 0.163. The van der Waals surface area contributed by atoms with Crippen molar-refractivity contribution in [2.75, 3.05) is 0 Å². The van der Waals surface area contributed by atoms with E-state index >= 15 is 0 Å². The first-order valence-corrected chi connectivity index (χ1v) is 14.1. The Bertz CT molecular complexity index is 2460. The Morgan fingerprint density at radius 3 is 1.95 bits per heavy atom. The molecule has 41 heavy (non-hydrogen) atoms. The Morgan fingerprint density at radius 2 is 1.07 bits per heavy atom. The highest BCUT2D eigenvalue weighted by Gasteiger charge is 2.19. The summed E-state index contributed by atoms with van der Waals surface area (Å²) in [5.74, 6) is 0. The second kappa shape index (κ2) is 8.55. The lowest BCUT2D eigenvalue weighted by Gasteiger charge is -2.15. The summed E-state index contributed by atoms with van der Waals surface area (Å²) < 4.78 is 6.71. The molecule has 0 aliphatic rings. The number of hydrogen-bond acceptors (Lipinski definition) is 1. The second-order valence-electron chi connectivity index (χ2n) is 10.9. The van der Waals surface area contributed by atoms with Gasteiger partial charge in [-0.3, -0.25) is 0 Å². The van der Waals surface area contributed by atoms with E-state index < -0.39 is 0 Å². The topological polar surface area (TPSA) is 13.1 Å². The fraction of sp³-hybridized carbons (Fsp3) is 0. The lowest BCUT2D eigenvalue weighted by atomic mass is 9.88. The van der Waals surface area contributed by atoms with Gasteiger partial charge in [0.15, 0.2) is 0 Å². The molecular weight excluding hydrogens is 496 g/mol. The molecule has 0 bridgehead atoms. The summed E-state index contributed by atoms with van der Waals surface area (Å²) in [6, 6.07) is 52.5. The summed E-state index contributed by atoms with van der Waals surface area (Å²) in [6.07, 6.45) is 0. The molecule has 190 valence electrons. The summed E-state index contributed by atoms with van der Waals surface area (Å²) in [6.45, 7) is 0. The summed E-state index contributed by atoms with van der Waals surface area (Å²) >= 11 is 0. The minimum atomic E-state index is 0.914. The molecule has 0 radical (unpaired) electrons. The Balaban J connectivity index is 1.41. The monoisotopic (exact) mass is 520 g/mol. The van der Waals surface area contributed by atoms with Gasteiger partial charge >= 0.3 is 0 Å². The van der Waals surface area contributed by atoms with Crippen LogP contribution in [0.3, 0.4) is 0 Å². The van der Waals surface area contributed by atoms with Gasteiger partial charge in [0.2, 0.25) is 0 Å². The summed E-state index contributed by atoms with van der Waals surface area (Å²) in [4.78, 5) is 0. The van der Waals surface area contributed by atoms with Gasteiger partial charge in [-0.15, -0.1) is 0 Å². The molecule has 0 amide bonds. The molecule has 1 nitrogen and oxygen atoms in total. The molecule has 8 aromatic carbocycles. The van der Waals surface area contributed by atoms with Gasteiger partial charge in [-0.2, -0.15) is 0 Å². The summed E-state index contributed by atoms with van der Waals surface area (Å²) in [5.41, 5.74) is 6.72.